The highest BCUT2D eigenvalue weighted by molar-refractivity contribution is 9.10. The van der Waals surface area contributed by atoms with Gasteiger partial charge in [0.05, 0.1) is 17.5 Å². The molecule has 34 heavy (non-hydrogen) atoms. The highest BCUT2D eigenvalue weighted by Gasteiger charge is 2.21. The van der Waals surface area contributed by atoms with Crippen molar-refractivity contribution < 1.29 is 18.4 Å². The summed E-state index contributed by atoms with van der Waals surface area (Å²) in [6, 6.07) is 8.54. The quantitative estimate of drug-likeness (QED) is 0.288. The Kier molecular flexibility index (Phi) is 8.56. The molecule has 1 unspecified atom stereocenters. The average Bonchev–Trinajstić information content (AvgIpc) is 3.18. The fourth-order valence-electron chi connectivity index (χ4n) is 3.16. The van der Waals surface area contributed by atoms with Crippen LogP contribution in [0.15, 0.2) is 58.7 Å². The van der Waals surface area contributed by atoms with Gasteiger partial charge in [-0.05, 0) is 47.5 Å². The summed E-state index contributed by atoms with van der Waals surface area (Å²) in [6.07, 6.45) is 1.65. The van der Waals surface area contributed by atoms with Crippen LogP contribution in [-0.2, 0) is 11.3 Å². The molecule has 0 aliphatic rings. The predicted molar refractivity (Wildman–Crippen MR) is 131 cm³/mol. The van der Waals surface area contributed by atoms with E-state index in [2.05, 4.69) is 43.3 Å². The fraction of sp³-hybridized carbons (Fsp3) is 0.217. The fourth-order valence-corrected chi connectivity index (χ4v) is 4.42. The number of hydrogen-bond acceptors (Lipinski definition) is 5. The van der Waals surface area contributed by atoms with Crippen LogP contribution in [0.3, 0.4) is 0 Å². The molecule has 11 heteroatoms. The summed E-state index contributed by atoms with van der Waals surface area (Å²) >= 11 is 4.13. The molecule has 0 aliphatic heterocycles. The van der Waals surface area contributed by atoms with Crippen molar-refractivity contribution in [1.29, 1.82) is 0 Å². The third-order valence-electron chi connectivity index (χ3n) is 4.79. The Morgan fingerprint density at radius 3 is 2.68 bits per heavy atom. The molecule has 2 aromatic carbocycles. The van der Waals surface area contributed by atoms with Crippen LogP contribution in [0.5, 0.6) is 0 Å². The van der Waals surface area contributed by atoms with E-state index in [1.807, 2.05) is 19.1 Å². The van der Waals surface area contributed by atoms with Crippen LogP contribution >= 0.6 is 27.7 Å². The van der Waals surface area contributed by atoms with E-state index in [9.17, 15) is 18.4 Å². The number of rotatable bonds is 9. The molecule has 3 rings (SSSR count). The van der Waals surface area contributed by atoms with Crippen molar-refractivity contribution in [3.63, 3.8) is 0 Å². The lowest BCUT2D eigenvalue weighted by molar-refractivity contribution is -0.113. The molecule has 0 bridgehead atoms. The Hall–Kier alpha value is -3.05. The maximum absolute atomic E-state index is 14.0. The van der Waals surface area contributed by atoms with Gasteiger partial charge in [0.15, 0.2) is 16.8 Å². The van der Waals surface area contributed by atoms with Crippen LogP contribution in [0, 0.1) is 18.6 Å². The lowest BCUT2D eigenvalue weighted by Crippen LogP contribution is -2.29. The molecule has 7 nitrogen and oxygen atoms in total. The van der Waals surface area contributed by atoms with Crippen molar-refractivity contribution in [3.05, 3.63) is 82.1 Å². The highest BCUT2D eigenvalue weighted by Crippen LogP contribution is 2.28. The van der Waals surface area contributed by atoms with Crippen LogP contribution < -0.4 is 10.6 Å². The molecule has 178 valence electrons. The van der Waals surface area contributed by atoms with Crippen LogP contribution in [-0.4, -0.2) is 32.3 Å². The second kappa shape index (κ2) is 11.4. The second-order valence-electron chi connectivity index (χ2n) is 7.33. The first-order valence-electron chi connectivity index (χ1n) is 10.2. The van der Waals surface area contributed by atoms with Crippen LogP contribution in [0.1, 0.15) is 34.7 Å². The standard InChI is InChI=1S/C23H22BrF2N5O2S/c1-4-9-31-21(14(3)27-22(33)16-8-6-5-7-13(16)2)29-30-23(31)34-12-19(32)28-20-17(24)10-15(25)11-18(20)26/h4-8,10-11,14H,1,9,12H2,2-3H3,(H,27,33)(H,28,32). The van der Waals surface area contributed by atoms with Crippen molar-refractivity contribution in [3.8, 4) is 0 Å². The van der Waals surface area contributed by atoms with E-state index < -0.39 is 23.6 Å². The molecule has 0 fully saturated rings. The van der Waals surface area contributed by atoms with Crippen molar-refractivity contribution in [2.75, 3.05) is 11.1 Å². The van der Waals surface area contributed by atoms with Gasteiger partial charge in [-0.1, -0.05) is 36.0 Å². The van der Waals surface area contributed by atoms with Crippen LogP contribution in [0.2, 0.25) is 0 Å². The lowest BCUT2D eigenvalue weighted by Gasteiger charge is -2.16. The molecule has 0 saturated heterocycles. The first-order valence-corrected chi connectivity index (χ1v) is 12.0. The number of anilines is 1. The summed E-state index contributed by atoms with van der Waals surface area (Å²) in [5.41, 5.74) is 1.27. The second-order valence-corrected chi connectivity index (χ2v) is 9.13. The van der Waals surface area contributed by atoms with Gasteiger partial charge >= 0.3 is 0 Å². The van der Waals surface area contributed by atoms with Gasteiger partial charge in [-0.15, -0.1) is 16.8 Å². The molecule has 0 saturated carbocycles. The Morgan fingerprint density at radius 1 is 1.26 bits per heavy atom. The SMILES string of the molecule is C=CCn1c(SCC(=O)Nc2c(F)cc(F)cc2Br)nnc1C(C)NC(=O)c1ccccc1C. The minimum atomic E-state index is -0.888. The lowest BCUT2D eigenvalue weighted by atomic mass is 10.1. The van der Waals surface area contributed by atoms with Crippen molar-refractivity contribution in [2.45, 2.75) is 31.6 Å². The molecular formula is C23H22BrF2N5O2S. The zero-order valence-corrected chi connectivity index (χ0v) is 20.8. The number of aryl methyl sites for hydroxylation is 1. The van der Waals surface area contributed by atoms with Gasteiger partial charge in [0.2, 0.25) is 5.91 Å². The van der Waals surface area contributed by atoms with E-state index >= 15 is 0 Å². The highest BCUT2D eigenvalue weighted by atomic mass is 79.9. The van der Waals surface area contributed by atoms with Gasteiger partial charge in [0.1, 0.15) is 5.82 Å². The van der Waals surface area contributed by atoms with Crippen molar-refractivity contribution >= 4 is 45.2 Å². The molecule has 2 amide bonds. The molecular weight excluding hydrogens is 528 g/mol. The number of carbonyl (C=O) groups excluding carboxylic acids is 2. The maximum Gasteiger partial charge on any atom is 0.252 e. The topological polar surface area (TPSA) is 88.9 Å². The zero-order chi connectivity index (χ0) is 24.8. The smallest absolute Gasteiger partial charge is 0.252 e. The summed E-state index contributed by atoms with van der Waals surface area (Å²) in [5, 5.41) is 14.1. The van der Waals surface area contributed by atoms with Gasteiger partial charge in [-0.25, -0.2) is 8.78 Å². The van der Waals surface area contributed by atoms with Gasteiger partial charge in [-0.2, -0.15) is 0 Å². The third kappa shape index (κ3) is 6.09. The molecule has 0 radical (unpaired) electrons. The Labute approximate surface area is 208 Å². The number of nitrogens with zero attached hydrogens (tertiary/aromatic N) is 3. The number of carbonyl (C=O) groups is 2. The van der Waals surface area contributed by atoms with Crippen molar-refractivity contribution in [2.24, 2.45) is 0 Å². The molecule has 0 aliphatic carbocycles. The molecule has 3 aromatic rings. The van der Waals surface area contributed by atoms with Gasteiger partial charge in [0.25, 0.3) is 5.91 Å². The third-order valence-corrected chi connectivity index (χ3v) is 6.38. The Bertz CT molecular complexity index is 1210. The molecule has 1 heterocycles. The summed E-state index contributed by atoms with van der Waals surface area (Å²) in [7, 11) is 0. The zero-order valence-electron chi connectivity index (χ0n) is 18.4. The van der Waals surface area contributed by atoms with E-state index in [4.69, 9.17) is 0 Å². The van der Waals surface area contributed by atoms with Crippen molar-refractivity contribution in [1.82, 2.24) is 20.1 Å². The maximum atomic E-state index is 14.0. The summed E-state index contributed by atoms with van der Waals surface area (Å²) in [6.45, 7) is 7.75. The van der Waals surface area contributed by atoms with Crippen LogP contribution in [0.4, 0.5) is 14.5 Å². The summed E-state index contributed by atoms with van der Waals surface area (Å²) in [4.78, 5) is 25.1. The normalized spacial score (nSPS) is 11.7. The predicted octanol–water partition coefficient (Wildman–Crippen LogP) is 5.04. The molecule has 1 atom stereocenters. The monoisotopic (exact) mass is 549 g/mol. The van der Waals surface area contributed by atoms with E-state index in [1.54, 1.807) is 29.7 Å². The summed E-state index contributed by atoms with van der Waals surface area (Å²) in [5.74, 6) is -1.99. The van der Waals surface area contributed by atoms with Gasteiger partial charge in [-0.3, -0.25) is 9.59 Å². The van der Waals surface area contributed by atoms with Gasteiger partial charge < -0.3 is 15.2 Å². The number of hydrogen-bond donors (Lipinski definition) is 2. The number of amides is 2. The van der Waals surface area contributed by atoms with E-state index in [0.717, 1.165) is 23.4 Å². The number of thioether (sulfide) groups is 1. The minimum Gasteiger partial charge on any atom is -0.342 e. The first kappa shape index (κ1) is 25.6. The van der Waals surface area contributed by atoms with E-state index in [1.165, 1.54) is 0 Å². The molecule has 1 aromatic heterocycles. The average molecular weight is 550 g/mol. The Morgan fingerprint density at radius 2 is 2.00 bits per heavy atom. The number of nitrogens with one attached hydrogen (secondary N) is 2. The van der Waals surface area contributed by atoms with Gasteiger partial charge in [0, 0.05) is 22.6 Å². The minimum absolute atomic E-state index is 0.0948. The molecule has 2 N–H and O–H groups in total. The summed E-state index contributed by atoms with van der Waals surface area (Å²) < 4.78 is 29.1. The Balaban J connectivity index is 1.70. The van der Waals surface area contributed by atoms with E-state index in [-0.39, 0.29) is 21.8 Å². The number of aromatic nitrogens is 3. The number of halogens is 3. The number of benzene rings is 2. The van der Waals surface area contributed by atoms with E-state index in [0.29, 0.717) is 29.2 Å². The largest absolute Gasteiger partial charge is 0.342 e. The van der Waals surface area contributed by atoms with Crippen LogP contribution in [0.25, 0.3) is 0 Å². The first-order chi connectivity index (χ1) is 16.2. The number of allylic oxidation sites excluding steroid dienone is 1. The molecule has 0 spiro atoms.